The second-order valence-electron chi connectivity index (χ2n) is 4.87. The Morgan fingerprint density at radius 3 is 1.88 bits per heavy atom. The van der Waals surface area contributed by atoms with Gasteiger partial charge >= 0.3 is 12.5 Å². The van der Waals surface area contributed by atoms with Crippen molar-refractivity contribution in [1.82, 2.24) is 0 Å². The summed E-state index contributed by atoms with van der Waals surface area (Å²) in [6.07, 6.45) is -9.62. The van der Waals surface area contributed by atoms with Gasteiger partial charge < -0.3 is 10.5 Å². The molecule has 0 aliphatic heterocycles. The van der Waals surface area contributed by atoms with Crippen LogP contribution in [-0.2, 0) is 6.18 Å². The third-order valence-electron chi connectivity index (χ3n) is 3.08. The summed E-state index contributed by atoms with van der Waals surface area (Å²) in [5.74, 6) is -1.62. The van der Waals surface area contributed by atoms with Crippen LogP contribution in [0.25, 0.3) is 0 Å². The van der Waals surface area contributed by atoms with Gasteiger partial charge in [-0.05, 0) is 41.5 Å². The molecule has 2 aromatic rings. The van der Waals surface area contributed by atoms with Crippen LogP contribution in [-0.4, -0.2) is 6.36 Å². The largest absolute Gasteiger partial charge is 0.573 e. The van der Waals surface area contributed by atoms with Crippen LogP contribution in [0.1, 0.15) is 22.7 Å². The Kier molecular flexibility index (Phi) is 6.30. The van der Waals surface area contributed by atoms with Gasteiger partial charge in [0.25, 0.3) is 0 Å². The number of nitrogens with two attached hydrogens (primary N) is 1. The number of hydrogen-bond acceptors (Lipinski definition) is 2. The van der Waals surface area contributed by atoms with E-state index in [4.69, 9.17) is 5.73 Å². The molecule has 0 saturated carbocycles. The second-order valence-corrected chi connectivity index (χ2v) is 4.87. The van der Waals surface area contributed by atoms with E-state index in [1.807, 2.05) is 0 Å². The first-order valence-electron chi connectivity index (χ1n) is 6.45. The molecule has 0 heterocycles. The molecule has 0 aromatic heterocycles. The highest BCUT2D eigenvalue weighted by atomic mass is 35.5. The molecule has 0 aliphatic rings. The monoisotopic (exact) mass is 389 g/mol. The summed E-state index contributed by atoms with van der Waals surface area (Å²) in [4.78, 5) is 0. The van der Waals surface area contributed by atoms with Gasteiger partial charge in [-0.2, -0.15) is 13.2 Å². The average Bonchev–Trinajstić information content (AvgIpc) is 2.44. The molecule has 0 aliphatic carbocycles. The highest BCUT2D eigenvalue weighted by molar-refractivity contribution is 5.85. The zero-order chi connectivity index (χ0) is 18.1. The maximum atomic E-state index is 13.4. The molecule has 2 nitrogen and oxygen atoms in total. The van der Waals surface area contributed by atoms with Gasteiger partial charge in [-0.1, -0.05) is 12.1 Å². The molecule has 0 amide bonds. The van der Waals surface area contributed by atoms with Gasteiger partial charge in [0.05, 0.1) is 11.6 Å². The van der Waals surface area contributed by atoms with Crippen LogP contribution in [0.4, 0.5) is 30.7 Å². The predicted octanol–water partition coefficient (Wildman–Crippen LogP) is 5.21. The van der Waals surface area contributed by atoms with Crippen LogP contribution in [0, 0.1) is 5.82 Å². The van der Waals surface area contributed by atoms with Crippen LogP contribution in [0.5, 0.6) is 5.75 Å². The summed E-state index contributed by atoms with van der Waals surface area (Å²) in [6, 6.07) is 4.94. The second kappa shape index (κ2) is 7.49. The quantitative estimate of drug-likeness (QED) is 0.731. The van der Waals surface area contributed by atoms with Gasteiger partial charge in [0.15, 0.2) is 0 Å². The van der Waals surface area contributed by atoms with Crippen molar-refractivity contribution < 1.29 is 35.5 Å². The fourth-order valence-electron chi connectivity index (χ4n) is 2.02. The summed E-state index contributed by atoms with van der Waals surface area (Å²) in [7, 11) is 0. The third kappa shape index (κ3) is 5.79. The number of alkyl halides is 6. The van der Waals surface area contributed by atoms with E-state index in [0.717, 1.165) is 30.3 Å². The van der Waals surface area contributed by atoms with E-state index in [0.29, 0.717) is 12.1 Å². The lowest BCUT2D eigenvalue weighted by Gasteiger charge is -2.16. The molecule has 10 heteroatoms. The lowest BCUT2D eigenvalue weighted by Crippen LogP contribution is -2.17. The van der Waals surface area contributed by atoms with Gasteiger partial charge in [0.2, 0.25) is 0 Å². The maximum absolute atomic E-state index is 13.4. The van der Waals surface area contributed by atoms with Crippen LogP contribution in [0.2, 0.25) is 0 Å². The minimum Gasteiger partial charge on any atom is -0.406 e. The van der Waals surface area contributed by atoms with Crippen molar-refractivity contribution in [2.75, 3.05) is 0 Å². The van der Waals surface area contributed by atoms with Crippen molar-refractivity contribution in [3.63, 3.8) is 0 Å². The van der Waals surface area contributed by atoms with Gasteiger partial charge in [-0.3, -0.25) is 0 Å². The lowest BCUT2D eigenvalue weighted by molar-refractivity contribution is -0.274. The zero-order valence-electron chi connectivity index (χ0n) is 12.2. The van der Waals surface area contributed by atoms with E-state index in [2.05, 4.69) is 4.74 Å². The van der Waals surface area contributed by atoms with Crippen molar-refractivity contribution in [3.05, 3.63) is 65.0 Å². The first kappa shape index (κ1) is 21.0. The van der Waals surface area contributed by atoms with E-state index in [9.17, 15) is 30.7 Å². The summed E-state index contributed by atoms with van der Waals surface area (Å²) >= 11 is 0. The molecule has 0 unspecified atom stereocenters. The SMILES string of the molecule is Cl.N[C@@H](c1ccc(OC(F)(F)F)cc1)c1cc(F)cc(C(F)(F)F)c1. The maximum Gasteiger partial charge on any atom is 0.573 e. The van der Waals surface area contributed by atoms with Crippen molar-refractivity contribution >= 4 is 12.4 Å². The Morgan fingerprint density at radius 1 is 0.840 bits per heavy atom. The lowest BCUT2D eigenvalue weighted by atomic mass is 9.97. The smallest absolute Gasteiger partial charge is 0.406 e. The first-order chi connectivity index (χ1) is 11.0. The molecule has 0 radical (unpaired) electrons. The van der Waals surface area contributed by atoms with Gasteiger partial charge in [0, 0.05) is 0 Å². The summed E-state index contributed by atoms with van der Waals surface area (Å²) in [5, 5.41) is 0. The van der Waals surface area contributed by atoms with Crippen LogP contribution in [0.15, 0.2) is 42.5 Å². The molecule has 0 fully saturated rings. The van der Waals surface area contributed by atoms with Crippen LogP contribution in [0.3, 0.4) is 0 Å². The van der Waals surface area contributed by atoms with Gasteiger partial charge in [-0.15, -0.1) is 25.6 Å². The summed E-state index contributed by atoms with van der Waals surface area (Å²) in [6.45, 7) is 0. The summed E-state index contributed by atoms with van der Waals surface area (Å²) in [5.41, 5.74) is 4.61. The standard InChI is InChI=1S/C15H10F7NO.ClH/c16-11-6-9(5-10(7-11)14(17,18)19)13(23)8-1-3-12(4-2-8)24-15(20,21)22;/h1-7,13H,23H2;1H/t13-;/m0./s1. The Balaban J connectivity index is 0.00000312. The van der Waals surface area contributed by atoms with E-state index in [1.165, 1.54) is 0 Å². The van der Waals surface area contributed by atoms with E-state index in [1.54, 1.807) is 0 Å². The van der Waals surface area contributed by atoms with Gasteiger partial charge in [0.1, 0.15) is 11.6 Å². The summed E-state index contributed by atoms with van der Waals surface area (Å²) < 4.78 is 91.4. The Labute approximate surface area is 143 Å². The van der Waals surface area contributed by atoms with Crippen molar-refractivity contribution in [2.45, 2.75) is 18.6 Å². The number of hydrogen-bond donors (Lipinski definition) is 1. The van der Waals surface area contributed by atoms with Crippen LogP contribution < -0.4 is 10.5 Å². The molecule has 2 aromatic carbocycles. The molecule has 25 heavy (non-hydrogen) atoms. The minimum atomic E-state index is -4.87. The minimum absolute atomic E-state index is 0. The topological polar surface area (TPSA) is 35.2 Å². The molecular weight excluding hydrogens is 379 g/mol. The Hall–Kier alpha value is -2.00. The molecule has 138 valence electrons. The number of benzene rings is 2. The molecule has 0 bridgehead atoms. The Morgan fingerprint density at radius 2 is 1.40 bits per heavy atom. The molecular formula is C15H11ClF7NO. The molecule has 0 saturated heterocycles. The highest BCUT2D eigenvalue weighted by Crippen LogP contribution is 2.33. The van der Waals surface area contributed by atoms with Gasteiger partial charge in [-0.25, -0.2) is 4.39 Å². The highest BCUT2D eigenvalue weighted by Gasteiger charge is 2.32. The number of rotatable bonds is 3. The zero-order valence-corrected chi connectivity index (χ0v) is 13.0. The average molecular weight is 390 g/mol. The molecule has 2 N–H and O–H groups in total. The molecule has 0 spiro atoms. The number of ether oxygens (including phenoxy) is 1. The van der Waals surface area contributed by atoms with E-state index in [-0.39, 0.29) is 23.5 Å². The van der Waals surface area contributed by atoms with Crippen LogP contribution >= 0.6 is 12.4 Å². The fraction of sp³-hybridized carbons (Fsp3) is 0.200. The van der Waals surface area contributed by atoms with Crippen molar-refractivity contribution in [3.8, 4) is 5.75 Å². The molecule has 1 atom stereocenters. The van der Waals surface area contributed by atoms with Crippen molar-refractivity contribution in [2.24, 2.45) is 5.73 Å². The normalized spacial score (nSPS) is 13.1. The fourth-order valence-corrected chi connectivity index (χ4v) is 2.02. The van der Waals surface area contributed by atoms with E-state index >= 15 is 0 Å². The Bertz CT molecular complexity index is 713. The first-order valence-corrected chi connectivity index (χ1v) is 6.45. The third-order valence-corrected chi connectivity index (χ3v) is 3.08. The van der Waals surface area contributed by atoms with E-state index < -0.39 is 35.7 Å². The van der Waals surface area contributed by atoms with Crippen molar-refractivity contribution in [1.29, 1.82) is 0 Å². The predicted molar refractivity (Wildman–Crippen MR) is 77.8 cm³/mol. The number of halogens is 8. The molecule has 2 rings (SSSR count).